The van der Waals surface area contributed by atoms with Gasteiger partial charge in [0.2, 0.25) is 11.8 Å². The number of piperidine rings is 1. The predicted octanol–water partition coefficient (Wildman–Crippen LogP) is 2.79. The van der Waals surface area contributed by atoms with Gasteiger partial charge in [0.05, 0.1) is 0 Å². The number of nitrogens with one attached hydrogen (secondary N) is 2. The Kier molecular flexibility index (Phi) is 5.54. The summed E-state index contributed by atoms with van der Waals surface area (Å²) in [5, 5.41) is 10.6. The molecule has 24 heavy (non-hydrogen) atoms. The standard InChI is InChI=1S/C18H30N4O2/c1-11(2)16(18-21-17(22-24-18)14-4-5-14)20-15(23)10-12(3)13-6-8-19-9-7-13/h11-14,16,19H,4-10H2,1-3H3,(H,20,23). The lowest BCUT2D eigenvalue weighted by Gasteiger charge is -2.28. The first kappa shape index (κ1) is 17.4. The van der Waals surface area contributed by atoms with E-state index in [-0.39, 0.29) is 17.9 Å². The van der Waals surface area contributed by atoms with E-state index >= 15 is 0 Å². The number of aromatic nitrogens is 2. The zero-order valence-corrected chi connectivity index (χ0v) is 15.0. The van der Waals surface area contributed by atoms with E-state index in [2.05, 4.69) is 41.5 Å². The maximum atomic E-state index is 12.5. The highest BCUT2D eigenvalue weighted by Crippen LogP contribution is 2.38. The van der Waals surface area contributed by atoms with Crippen molar-refractivity contribution >= 4 is 5.91 Å². The first-order valence-corrected chi connectivity index (χ1v) is 9.38. The van der Waals surface area contributed by atoms with Crippen LogP contribution in [0.1, 0.15) is 76.6 Å². The smallest absolute Gasteiger partial charge is 0.249 e. The third-order valence-corrected chi connectivity index (χ3v) is 5.35. The number of nitrogens with zero attached hydrogens (tertiary/aromatic N) is 2. The molecule has 0 radical (unpaired) electrons. The van der Waals surface area contributed by atoms with E-state index < -0.39 is 0 Å². The van der Waals surface area contributed by atoms with Gasteiger partial charge in [-0.3, -0.25) is 4.79 Å². The van der Waals surface area contributed by atoms with Crippen LogP contribution in [0.3, 0.4) is 0 Å². The van der Waals surface area contributed by atoms with Gasteiger partial charge in [-0.15, -0.1) is 0 Å². The minimum absolute atomic E-state index is 0.0888. The van der Waals surface area contributed by atoms with Crippen molar-refractivity contribution in [3.63, 3.8) is 0 Å². The highest BCUT2D eigenvalue weighted by molar-refractivity contribution is 5.76. The first-order chi connectivity index (χ1) is 11.5. The van der Waals surface area contributed by atoms with Crippen LogP contribution in [-0.4, -0.2) is 29.1 Å². The molecule has 6 nitrogen and oxygen atoms in total. The number of hydrogen-bond donors (Lipinski definition) is 2. The number of carbonyl (C=O) groups is 1. The molecule has 1 amide bonds. The lowest BCUT2D eigenvalue weighted by Crippen LogP contribution is -2.36. The lowest BCUT2D eigenvalue weighted by atomic mass is 9.84. The maximum absolute atomic E-state index is 12.5. The molecular formula is C18H30N4O2. The zero-order chi connectivity index (χ0) is 17.1. The fourth-order valence-corrected chi connectivity index (χ4v) is 3.50. The Hall–Kier alpha value is -1.43. The predicted molar refractivity (Wildman–Crippen MR) is 91.4 cm³/mol. The van der Waals surface area contributed by atoms with Crippen LogP contribution in [0.4, 0.5) is 0 Å². The Bertz CT molecular complexity index is 547. The average Bonchev–Trinajstić information content (AvgIpc) is 3.31. The molecule has 1 saturated carbocycles. The quantitative estimate of drug-likeness (QED) is 0.801. The Morgan fingerprint density at radius 2 is 1.96 bits per heavy atom. The summed E-state index contributed by atoms with van der Waals surface area (Å²) in [5.74, 6) is 3.17. The fraction of sp³-hybridized carbons (Fsp3) is 0.833. The Morgan fingerprint density at radius 1 is 1.25 bits per heavy atom. The van der Waals surface area contributed by atoms with Gasteiger partial charge in [-0.05, 0) is 56.5 Å². The molecule has 0 spiro atoms. The molecule has 2 heterocycles. The molecule has 1 aliphatic heterocycles. The van der Waals surface area contributed by atoms with Crippen LogP contribution >= 0.6 is 0 Å². The molecule has 1 aromatic heterocycles. The minimum atomic E-state index is -0.197. The van der Waals surface area contributed by atoms with Crippen LogP contribution in [0.5, 0.6) is 0 Å². The van der Waals surface area contributed by atoms with Crippen LogP contribution in [0.25, 0.3) is 0 Å². The molecule has 1 saturated heterocycles. The highest BCUT2D eigenvalue weighted by Gasteiger charge is 2.32. The van der Waals surface area contributed by atoms with E-state index in [9.17, 15) is 4.79 Å². The van der Waals surface area contributed by atoms with Gasteiger partial charge in [-0.1, -0.05) is 25.9 Å². The normalized spacial score (nSPS) is 21.7. The molecule has 2 atom stereocenters. The van der Waals surface area contributed by atoms with Crippen molar-refractivity contribution in [2.24, 2.45) is 17.8 Å². The molecule has 0 bridgehead atoms. The number of rotatable bonds is 7. The molecule has 6 heteroatoms. The van der Waals surface area contributed by atoms with Gasteiger partial charge in [0.15, 0.2) is 5.82 Å². The van der Waals surface area contributed by atoms with Crippen molar-refractivity contribution < 1.29 is 9.32 Å². The largest absolute Gasteiger partial charge is 0.344 e. The third kappa shape index (κ3) is 4.35. The monoisotopic (exact) mass is 334 g/mol. The molecule has 1 aromatic rings. The van der Waals surface area contributed by atoms with Gasteiger partial charge in [0.1, 0.15) is 6.04 Å². The van der Waals surface area contributed by atoms with Gasteiger partial charge in [0, 0.05) is 12.3 Å². The van der Waals surface area contributed by atoms with Gasteiger partial charge >= 0.3 is 0 Å². The molecule has 2 unspecified atom stereocenters. The molecule has 2 N–H and O–H groups in total. The molecule has 1 aliphatic carbocycles. The molecule has 0 aromatic carbocycles. The van der Waals surface area contributed by atoms with E-state index in [0.717, 1.165) is 44.6 Å². The van der Waals surface area contributed by atoms with Crippen LogP contribution in [0.15, 0.2) is 4.52 Å². The van der Waals surface area contributed by atoms with Crippen molar-refractivity contribution in [1.29, 1.82) is 0 Å². The van der Waals surface area contributed by atoms with Crippen LogP contribution in [0, 0.1) is 17.8 Å². The maximum Gasteiger partial charge on any atom is 0.249 e. The molecular weight excluding hydrogens is 304 g/mol. The summed E-state index contributed by atoms with van der Waals surface area (Å²) in [6, 6.07) is -0.197. The highest BCUT2D eigenvalue weighted by atomic mass is 16.5. The number of carbonyl (C=O) groups excluding carboxylic acids is 1. The molecule has 2 aliphatic rings. The van der Waals surface area contributed by atoms with E-state index in [0.29, 0.717) is 30.1 Å². The van der Waals surface area contributed by atoms with Crippen molar-refractivity contribution in [1.82, 2.24) is 20.8 Å². The van der Waals surface area contributed by atoms with E-state index in [4.69, 9.17) is 4.52 Å². The van der Waals surface area contributed by atoms with Crippen molar-refractivity contribution in [2.75, 3.05) is 13.1 Å². The number of amides is 1. The minimum Gasteiger partial charge on any atom is -0.344 e. The summed E-state index contributed by atoms with van der Waals surface area (Å²) in [6.07, 6.45) is 5.18. The second-order valence-corrected chi connectivity index (χ2v) is 7.82. The van der Waals surface area contributed by atoms with E-state index in [1.165, 1.54) is 0 Å². The van der Waals surface area contributed by atoms with E-state index in [1.54, 1.807) is 0 Å². The van der Waals surface area contributed by atoms with Crippen LogP contribution in [0.2, 0.25) is 0 Å². The lowest BCUT2D eigenvalue weighted by molar-refractivity contribution is -0.123. The van der Waals surface area contributed by atoms with Gasteiger partial charge in [-0.2, -0.15) is 4.98 Å². The summed E-state index contributed by atoms with van der Waals surface area (Å²) >= 11 is 0. The fourth-order valence-electron chi connectivity index (χ4n) is 3.50. The summed E-state index contributed by atoms with van der Waals surface area (Å²) in [5.41, 5.74) is 0. The second kappa shape index (κ2) is 7.64. The SMILES string of the molecule is CC(C)C(NC(=O)CC(C)C1CCNCC1)c1nc(C2CC2)no1. The van der Waals surface area contributed by atoms with Crippen molar-refractivity contribution in [3.8, 4) is 0 Å². The summed E-state index contributed by atoms with van der Waals surface area (Å²) < 4.78 is 5.43. The summed E-state index contributed by atoms with van der Waals surface area (Å²) in [7, 11) is 0. The molecule has 2 fully saturated rings. The average molecular weight is 334 g/mol. The third-order valence-electron chi connectivity index (χ3n) is 5.35. The Balaban J connectivity index is 1.56. The topological polar surface area (TPSA) is 80.0 Å². The van der Waals surface area contributed by atoms with Gasteiger partial charge in [0.25, 0.3) is 0 Å². The Morgan fingerprint density at radius 3 is 2.58 bits per heavy atom. The van der Waals surface area contributed by atoms with Crippen LogP contribution in [-0.2, 0) is 4.79 Å². The summed E-state index contributed by atoms with van der Waals surface area (Å²) in [4.78, 5) is 17.0. The number of hydrogen-bond acceptors (Lipinski definition) is 5. The van der Waals surface area contributed by atoms with Gasteiger partial charge in [-0.25, -0.2) is 0 Å². The van der Waals surface area contributed by atoms with Crippen molar-refractivity contribution in [2.45, 2.75) is 64.8 Å². The molecule has 134 valence electrons. The Labute approximate surface area is 144 Å². The first-order valence-electron chi connectivity index (χ1n) is 9.38. The van der Waals surface area contributed by atoms with Crippen LogP contribution < -0.4 is 10.6 Å². The summed E-state index contributed by atoms with van der Waals surface area (Å²) in [6.45, 7) is 8.47. The zero-order valence-electron chi connectivity index (χ0n) is 15.0. The van der Waals surface area contributed by atoms with Crippen molar-refractivity contribution in [3.05, 3.63) is 11.7 Å². The van der Waals surface area contributed by atoms with E-state index in [1.807, 2.05) is 0 Å². The second-order valence-electron chi connectivity index (χ2n) is 7.82. The molecule has 3 rings (SSSR count). The van der Waals surface area contributed by atoms with Gasteiger partial charge < -0.3 is 15.2 Å².